The van der Waals surface area contributed by atoms with Gasteiger partial charge in [0, 0.05) is 36.9 Å². The van der Waals surface area contributed by atoms with Gasteiger partial charge in [-0.15, -0.1) is 0 Å². The molecule has 5 rings (SSSR count). The topological polar surface area (TPSA) is 80.3 Å². The average Bonchev–Trinajstić information content (AvgIpc) is 3.10. The zero-order valence-corrected chi connectivity index (χ0v) is 21.1. The molecule has 0 radical (unpaired) electrons. The molecule has 1 spiro atoms. The molecule has 9 atom stereocenters. The van der Waals surface area contributed by atoms with Crippen molar-refractivity contribution < 1.29 is 24.1 Å². The van der Waals surface area contributed by atoms with Crippen LogP contribution in [-0.2, 0) is 19.0 Å². The second kappa shape index (κ2) is 8.44. The molecule has 0 aromatic heterocycles. The third-order valence-electron chi connectivity index (χ3n) is 9.68. The normalized spacial score (nSPS) is 46.7. The highest BCUT2D eigenvalue weighted by Crippen LogP contribution is 2.70. The van der Waals surface area contributed by atoms with Gasteiger partial charge in [0.15, 0.2) is 0 Å². The van der Waals surface area contributed by atoms with Gasteiger partial charge in [0.1, 0.15) is 5.60 Å². The van der Waals surface area contributed by atoms with Crippen molar-refractivity contribution in [2.24, 2.45) is 17.3 Å². The Hall–Kier alpha value is -0.730. The van der Waals surface area contributed by atoms with Crippen LogP contribution in [0.2, 0.25) is 0 Å². The lowest BCUT2D eigenvalue weighted by atomic mass is 9.42. The molecule has 188 valence electrons. The zero-order valence-electron chi connectivity index (χ0n) is 21.1. The molecule has 2 bridgehead atoms. The van der Waals surface area contributed by atoms with E-state index >= 15 is 0 Å². The van der Waals surface area contributed by atoms with Crippen LogP contribution in [0.1, 0.15) is 72.1 Å². The maximum Gasteiger partial charge on any atom is 0.306 e. The molecule has 33 heavy (non-hydrogen) atoms. The van der Waals surface area contributed by atoms with E-state index in [1.807, 2.05) is 27.9 Å². The fourth-order valence-corrected chi connectivity index (χ4v) is 8.68. The fraction of sp³-hybridized carbons (Fsp3) is 0.962. The van der Waals surface area contributed by atoms with Crippen molar-refractivity contribution in [3.63, 3.8) is 0 Å². The molecule has 3 aliphatic carbocycles. The lowest BCUT2D eigenvalue weighted by Crippen LogP contribution is -2.78. The summed E-state index contributed by atoms with van der Waals surface area (Å²) in [6.45, 7) is 7.55. The Morgan fingerprint density at radius 1 is 1.24 bits per heavy atom. The number of aliphatic hydroxyl groups excluding tert-OH is 1. The van der Waals surface area contributed by atoms with Crippen molar-refractivity contribution in [2.45, 2.75) is 114 Å². The van der Waals surface area contributed by atoms with E-state index in [2.05, 4.69) is 17.3 Å². The molecule has 7 nitrogen and oxygen atoms in total. The number of carbonyl (C=O) groups excluding carboxylic acids is 1. The maximum atomic E-state index is 12.1. The van der Waals surface area contributed by atoms with Gasteiger partial charge in [-0.05, 0) is 91.8 Å². The lowest BCUT2D eigenvalue weighted by molar-refractivity contribution is -0.269. The summed E-state index contributed by atoms with van der Waals surface area (Å²) in [4.78, 5) is 14.7. The number of aliphatic hydroxyl groups is 1. The van der Waals surface area contributed by atoms with E-state index in [0.717, 1.165) is 58.0 Å². The molecule has 2 heterocycles. The minimum Gasteiger partial charge on any atom is -0.460 e. The van der Waals surface area contributed by atoms with Crippen LogP contribution in [0.15, 0.2) is 0 Å². The second-order valence-corrected chi connectivity index (χ2v) is 12.4. The predicted molar refractivity (Wildman–Crippen MR) is 125 cm³/mol. The SMILES string of the molecule is CO[C@]12CCC(NCCCC(=O)OC(C)(C)C)[C@@H]3OC4C(O)CCC5CC1N(C)CC[C@]32C54. The Kier molecular flexibility index (Phi) is 6.13. The number of piperidine rings is 1. The van der Waals surface area contributed by atoms with E-state index in [1.165, 1.54) is 0 Å². The first-order valence-corrected chi connectivity index (χ1v) is 13.2. The van der Waals surface area contributed by atoms with Gasteiger partial charge >= 0.3 is 5.97 Å². The van der Waals surface area contributed by atoms with Gasteiger partial charge in [0.25, 0.3) is 0 Å². The molecule has 0 amide bonds. The maximum absolute atomic E-state index is 12.1. The third-order valence-corrected chi connectivity index (χ3v) is 9.68. The molecular weight excluding hydrogens is 420 g/mol. The molecule has 3 saturated carbocycles. The highest BCUT2D eigenvalue weighted by molar-refractivity contribution is 5.69. The van der Waals surface area contributed by atoms with Crippen LogP contribution in [-0.4, -0.2) is 84.8 Å². The van der Waals surface area contributed by atoms with Crippen LogP contribution < -0.4 is 5.32 Å². The van der Waals surface area contributed by atoms with Crippen molar-refractivity contribution in [3.05, 3.63) is 0 Å². The molecule has 2 saturated heterocycles. The monoisotopic (exact) mass is 464 g/mol. The number of nitrogens with zero attached hydrogens (tertiary/aromatic N) is 1. The van der Waals surface area contributed by atoms with Crippen LogP contribution in [0.4, 0.5) is 0 Å². The Morgan fingerprint density at radius 2 is 2.03 bits per heavy atom. The summed E-state index contributed by atoms with van der Waals surface area (Å²) in [5.41, 5.74) is -0.686. The van der Waals surface area contributed by atoms with Crippen molar-refractivity contribution in [1.29, 1.82) is 0 Å². The number of hydrogen-bond acceptors (Lipinski definition) is 7. The van der Waals surface area contributed by atoms with E-state index < -0.39 is 5.60 Å². The standard InChI is InChI=1S/C26H44N2O5/c1-24(2,3)33-20(30)7-6-13-27-17-10-11-26(31-5)19-15-16-8-9-18(29)22-21(16)25(26,23(17)32-22)12-14-28(19)4/h16-19,21-23,27,29H,6-15H2,1-5H3/t16?,17?,18?,19?,21?,22?,23-,25-,26+/m0/s1. The quantitative estimate of drug-likeness (QED) is 0.462. The molecule has 6 unspecified atom stereocenters. The van der Waals surface area contributed by atoms with E-state index in [-0.39, 0.29) is 41.3 Å². The van der Waals surface area contributed by atoms with Gasteiger partial charge in [-0.3, -0.25) is 4.79 Å². The highest BCUT2D eigenvalue weighted by Gasteiger charge is 2.77. The van der Waals surface area contributed by atoms with Gasteiger partial charge < -0.3 is 29.5 Å². The summed E-state index contributed by atoms with van der Waals surface area (Å²) in [5.74, 6) is 0.845. The second-order valence-electron chi connectivity index (χ2n) is 12.4. The van der Waals surface area contributed by atoms with Crippen molar-refractivity contribution in [3.8, 4) is 0 Å². The van der Waals surface area contributed by atoms with Gasteiger partial charge in [-0.1, -0.05) is 0 Å². The predicted octanol–water partition coefficient (Wildman–Crippen LogP) is 2.49. The lowest BCUT2D eigenvalue weighted by Gasteiger charge is -2.69. The molecule has 5 fully saturated rings. The Balaban J connectivity index is 1.35. The molecule has 2 N–H and O–H groups in total. The molecule has 2 aliphatic heterocycles. The number of methoxy groups -OCH3 is 1. The van der Waals surface area contributed by atoms with Crippen LogP contribution in [0.5, 0.6) is 0 Å². The highest BCUT2D eigenvalue weighted by atomic mass is 16.6. The molecule has 7 heteroatoms. The molecule has 5 aliphatic rings. The molecular formula is C26H44N2O5. The van der Waals surface area contributed by atoms with Gasteiger partial charge in [-0.25, -0.2) is 0 Å². The molecule has 0 aromatic carbocycles. The number of carbonyl (C=O) groups is 1. The largest absolute Gasteiger partial charge is 0.460 e. The smallest absolute Gasteiger partial charge is 0.306 e. The van der Waals surface area contributed by atoms with Crippen LogP contribution in [0.3, 0.4) is 0 Å². The van der Waals surface area contributed by atoms with Gasteiger partial charge in [0.2, 0.25) is 0 Å². The number of ether oxygens (including phenoxy) is 3. The van der Waals surface area contributed by atoms with Crippen molar-refractivity contribution in [2.75, 3.05) is 27.2 Å². The van der Waals surface area contributed by atoms with Crippen molar-refractivity contribution in [1.82, 2.24) is 10.2 Å². The number of esters is 1. The van der Waals surface area contributed by atoms with E-state index in [0.29, 0.717) is 24.3 Å². The fourth-order valence-electron chi connectivity index (χ4n) is 8.68. The summed E-state index contributed by atoms with van der Waals surface area (Å²) < 4.78 is 18.9. The molecule has 0 aromatic rings. The average molecular weight is 465 g/mol. The van der Waals surface area contributed by atoms with E-state index in [9.17, 15) is 9.90 Å². The van der Waals surface area contributed by atoms with E-state index in [1.54, 1.807) is 0 Å². The number of rotatable bonds is 6. The van der Waals surface area contributed by atoms with Gasteiger partial charge in [-0.2, -0.15) is 0 Å². The minimum atomic E-state index is -0.437. The van der Waals surface area contributed by atoms with Crippen molar-refractivity contribution >= 4 is 5.97 Å². The summed E-state index contributed by atoms with van der Waals surface area (Å²) in [6.07, 6.45) is 6.97. The first-order chi connectivity index (χ1) is 15.6. The Morgan fingerprint density at radius 3 is 2.76 bits per heavy atom. The number of nitrogens with one attached hydrogen (secondary N) is 1. The number of likely N-dealkylation sites (tertiary alicyclic amines) is 1. The first-order valence-electron chi connectivity index (χ1n) is 13.2. The van der Waals surface area contributed by atoms with Crippen LogP contribution in [0, 0.1) is 17.3 Å². The van der Waals surface area contributed by atoms with Crippen LogP contribution in [0.25, 0.3) is 0 Å². The first kappa shape index (κ1) is 24.0. The summed E-state index contributed by atoms with van der Waals surface area (Å²) >= 11 is 0. The summed E-state index contributed by atoms with van der Waals surface area (Å²) in [7, 11) is 4.17. The minimum absolute atomic E-state index is 0.0466. The van der Waals surface area contributed by atoms with Gasteiger partial charge in [0.05, 0.1) is 23.9 Å². The Bertz CT molecular complexity index is 755. The zero-order chi connectivity index (χ0) is 23.6. The third kappa shape index (κ3) is 3.60. The Labute approximate surface area is 198 Å². The number of hydrogen-bond donors (Lipinski definition) is 2. The summed E-state index contributed by atoms with van der Waals surface area (Å²) in [6, 6.07) is 0.651. The van der Waals surface area contributed by atoms with E-state index in [4.69, 9.17) is 14.2 Å². The number of likely N-dealkylation sites (N-methyl/N-ethyl adjacent to an activating group) is 1. The summed E-state index contributed by atoms with van der Waals surface area (Å²) in [5, 5.41) is 14.7. The van der Waals surface area contributed by atoms with Crippen LogP contribution >= 0.6 is 0 Å².